The van der Waals surface area contributed by atoms with Crippen LogP contribution in [0.3, 0.4) is 0 Å². The number of halogens is 1. The predicted octanol–water partition coefficient (Wildman–Crippen LogP) is 5.02. The summed E-state index contributed by atoms with van der Waals surface area (Å²) in [6.45, 7) is 9.22. The molecule has 2 aromatic heterocycles. The Hall–Kier alpha value is -1.83. The smallest absolute Gasteiger partial charge is 0.159 e. The molecule has 5 nitrogen and oxygen atoms in total. The molecule has 0 saturated carbocycles. The van der Waals surface area contributed by atoms with Gasteiger partial charge >= 0.3 is 0 Å². The summed E-state index contributed by atoms with van der Waals surface area (Å²) in [6, 6.07) is 8.00. The van der Waals surface area contributed by atoms with Gasteiger partial charge in [-0.1, -0.05) is 35.5 Å². The zero-order valence-electron chi connectivity index (χ0n) is 16.4. The largest absolute Gasteiger partial charge is 0.352 e. The first-order valence-corrected chi connectivity index (χ1v) is 11.8. The minimum absolute atomic E-state index is 0.218. The molecule has 29 heavy (non-hydrogen) atoms. The minimum Gasteiger partial charge on any atom is -0.352 e. The number of hydrogen-bond acceptors (Lipinski definition) is 7. The number of aliphatic imine (C=N–C) groups is 1. The Kier molecular flexibility index (Phi) is 4.92. The quantitative estimate of drug-likeness (QED) is 0.556. The van der Waals surface area contributed by atoms with Crippen LogP contribution in [-0.2, 0) is 0 Å². The standard InChI is InChI=1S/C21H22ClN5S2/c1-21(2)12-23-20(29-21)27-9-7-26(8-10-27)18-17-16(11-28-19(17)25-13-24-18)14-3-5-15(22)6-4-14/h3-6,11,13H,7-10,12H2,1-2H3. The van der Waals surface area contributed by atoms with Crippen LogP contribution >= 0.6 is 34.7 Å². The number of anilines is 1. The van der Waals surface area contributed by atoms with E-state index in [9.17, 15) is 0 Å². The van der Waals surface area contributed by atoms with Crippen molar-refractivity contribution >= 4 is 55.9 Å². The van der Waals surface area contributed by atoms with Crippen LogP contribution in [0.5, 0.6) is 0 Å². The summed E-state index contributed by atoms with van der Waals surface area (Å²) in [6.07, 6.45) is 1.69. The van der Waals surface area contributed by atoms with Gasteiger partial charge in [0.25, 0.3) is 0 Å². The van der Waals surface area contributed by atoms with E-state index >= 15 is 0 Å². The van der Waals surface area contributed by atoms with Gasteiger partial charge in [0.1, 0.15) is 17.0 Å². The Morgan fingerprint density at radius 3 is 2.41 bits per heavy atom. The molecule has 5 rings (SSSR count). The van der Waals surface area contributed by atoms with Gasteiger partial charge < -0.3 is 9.80 Å². The van der Waals surface area contributed by atoms with Crippen molar-refractivity contribution in [2.75, 3.05) is 37.6 Å². The highest BCUT2D eigenvalue weighted by atomic mass is 35.5. The van der Waals surface area contributed by atoms with Gasteiger partial charge in [-0.3, -0.25) is 4.99 Å². The number of thiophene rings is 1. The van der Waals surface area contributed by atoms with E-state index in [0.717, 1.165) is 59.3 Å². The molecule has 8 heteroatoms. The lowest BCUT2D eigenvalue weighted by Crippen LogP contribution is -2.48. The fourth-order valence-corrected chi connectivity index (χ4v) is 5.89. The zero-order chi connectivity index (χ0) is 20.0. The number of piperazine rings is 1. The summed E-state index contributed by atoms with van der Waals surface area (Å²) in [5.74, 6) is 1.03. The molecule has 0 N–H and O–H groups in total. The van der Waals surface area contributed by atoms with E-state index in [2.05, 4.69) is 46.1 Å². The van der Waals surface area contributed by atoms with Crippen molar-refractivity contribution in [3.05, 3.63) is 41.0 Å². The van der Waals surface area contributed by atoms with Crippen LogP contribution in [0.1, 0.15) is 13.8 Å². The summed E-state index contributed by atoms with van der Waals surface area (Å²) in [5, 5.41) is 5.26. The molecule has 0 atom stereocenters. The van der Waals surface area contributed by atoms with Gasteiger partial charge in [0.05, 0.1) is 11.9 Å². The number of amidine groups is 1. The van der Waals surface area contributed by atoms with Crippen LogP contribution in [0.2, 0.25) is 5.02 Å². The third-order valence-corrected chi connectivity index (χ3v) is 7.71. The van der Waals surface area contributed by atoms with Gasteiger partial charge in [-0.25, -0.2) is 9.97 Å². The molecule has 3 aromatic rings. The summed E-state index contributed by atoms with van der Waals surface area (Å²) in [7, 11) is 0. The van der Waals surface area contributed by atoms with Crippen molar-refractivity contribution in [2.24, 2.45) is 4.99 Å². The van der Waals surface area contributed by atoms with Crippen LogP contribution in [0.25, 0.3) is 21.3 Å². The van der Waals surface area contributed by atoms with E-state index in [4.69, 9.17) is 21.6 Å². The molecule has 1 fully saturated rings. The predicted molar refractivity (Wildman–Crippen MR) is 126 cm³/mol. The Morgan fingerprint density at radius 2 is 1.72 bits per heavy atom. The van der Waals surface area contributed by atoms with Crippen LogP contribution in [-0.4, -0.2) is 57.5 Å². The monoisotopic (exact) mass is 443 g/mol. The first-order chi connectivity index (χ1) is 14.0. The number of thioether (sulfide) groups is 1. The maximum absolute atomic E-state index is 6.08. The number of fused-ring (bicyclic) bond motifs is 1. The second-order valence-electron chi connectivity index (χ2n) is 7.97. The molecule has 0 radical (unpaired) electrons. The molecule has 1 saturated heterocycles. The van der Waals surface area contributed by atoms with Crippen molar-refractivity contribution < 1.29 is 0 Å². The number of aromatic nitrogens is 2. The zero-order valence-corrected chi connectivity index (χ0v) is 18.8. The SMILES string of the molecule is CC1(C)CN=C(N2CCN(c3ncnc4scc(-c5ccc(Cl)cc5)c34)CC2)S1. The molecule has 2 aliphatic heterocycles. The molecule has 150 valence electrons. The molecular formula is C21H22ClN5S2. The summed E-state index contributed by atoms with van der Waals surface area (Å²) >= 11 is 9.65. The molecule has 0 unspecified atom stereocenters. The Balaban J connectivity index is 1.41. The van der Waals surface area contributed by atoms with Gasteiger partial charge in [0, 0.05) is 46.9 Å². The Labute approximate surface area is 183 Å². The van der Waals surface area contributed by atoms with Gasteiger partial charge in [-0.05, 0) is 31.5 Å². The van der Waals surface area contributed by atoms with E-state index in [1.165, 1.54) is 10.7 Å². The second kappa shape index (κ2) is 7.45. The fourth-order valence-electron chi connectivity index (χ4n) is 3.78. The lowest BCUT2D eigenvalue weighted by Gasteiger charge is -2.36. The fraction of sp³-hybridized carbons (Fsp3) is 0.381. The maximum Gasteiger partial charge on any atom is 0.159 e. The highest BCUT2D eigenvalue weighted by molar-refractivity contribution is 8.15. The van der Waals surface area contributed by atoms with Crippen molar-refractivity contribution in [2.45, 2.75) is 18.6 Å². The maximum atomic E-state index is 6.08. The van der Waals surface area contributed by atoms with Gasteiger partial charge in [0.15, 0.2) is 5.17 Å². The molecule has 1 aromatic carbocycles. The number of hydrogen-bond donors (Lipinski definition) is 0. The van der Waals surface area contributed by atoms with E-state index in [-0.39, 0.29) is 4.75 Å². The summed E-state index contributed by atoms with van der Waals surface area (Å²) in [5.41, 5.74) is 2.33. The normalized spacial score (nSPS) is 19.1. The molecule has 2 aliphatic rings. The van der Waals surface area contributed by atoms with Gasteiger partial charge in [-0.15, -0.1) is 11.3 Å². The number of nitrogens with zero attached hydrogens (tertiary/aromatic N) is 5. The van der Waals surface area contributed by atoms with Crippen molar-refractivity contribution in [3.8, 4) is 11.1 Å². The van der Waals surface area contributed by atoms with Crippen molar-refractivity contribution in [1.29, 1.82) is 0 Å². The second-order valence-corrected chi connectivity index (χ2v) is 10.9. The van der Waals surface area contributed by atoms with E-state index in [0.29, 0.717) is 0 Å². The third-order valence-electron chi connectivity index (χ3n) is 5.32. The topological polar surface area (TPSA) is 44.6 Å². The summed E-state index contributed by atoms with van der Waals surface area (Å²) in [4.78, 5) is 19.8. The van der Waals surface area contributed by atoms with Crippen molar-refractivity contribution in [3.63, 3.8) is 0 Å². The number of rotatable bonds is 2. The lowest BCUT2D eigenvalue weighted by molar-refractivity contribution is 0.391. The van der Waals surface area contributed by atoms with E-state index in [1.807, 2.05) is 23.9 Å². The molecular weight excluding hydrogens is 422 g/mol. The molecule has 0 amide bonds. The molecule has 0 aliphatic carbocycles. The third kappa shape index (κ3) is 3.71. The van der Waals surface area contributed by atoms with Crippen LogP contribution in [0.15, 0.2) is 41.0 Å². The lowest BCUT2D eigenvalue weighted by atomic mass is 10.1. The Bertz CT molecular complexity index is 1070. The molecule has 0 spiro atoms. The average Bonchev–Trinajstić information content (AvgIpc) is 3.32. The van der Waals surface area contributed by atoms with Gasteiger partial charge in [-0.2, -0.15) is 0 Å². The van der Waals surface area contributed by atoms with Crippen LogP contribution in [0.4, 0.5) is 5.82 Å². The highest BCUT2D eigenvalue weighted by Gasteiger charge is 2.32. The van der Waals surface area contributed by atoms with Crippen LogP contribution in [0, 0.1) is 0 Å². The number of benzene rings is 1. The minimum atomic E-state index is 0.218. The highest BCUT2D eigenvalue weighted by Crippen LogP contribution is 2.39. The van der Waals surface area contributed by atoms with Crippen LogP contribution < -0.4 is 4.90 Å². The van der Waals surface area contributed by atoms with E-state index in [1.54, 1.807) is 17.7 Å². The van der Waals surface area contributed by atoms with Crippen molar-refractivity contribution in [1.82, 2.24) is 14.9 Å². The van der Waals surface area contributed by atoms with E-state index < -0.39 is 0 Å². The first-order valence-electron chi connectivity index (χ1n) is 9.72. The first kappa shape index (κ1) is 19.2. The molecule has 4 heterocycles. The average molecular weight is 444 g/mol. The van der Waals surface area contributed by atoms with Gasteiger partial charge in [0.2, 0.25) is 0 Å². The summed E-state index contributed by atoms with van der Waals surface area (Å²) < 4.78 is 0.218. The molecule has 0 bridgehead atoms. The Morgan fingerprint density at radius 1 is 1.00 bits per heavy atom.